The number of aromatic nitrogens is 2. The summed E-state index contributed by atoms with van der Waals surface area (Å²) in [5.74, 6) is 0. The molecule has 2 aromatic rings. The third-order valence-electron chi connectivity index (χ3n) is 2.12. The van der Waals surface area contributed by atoms with E-state index in [2.05, 4.69) is 10.2 Å². The lowest BCUT2D eigenvalue weighted by molar-refractivity contribution is -0.141. The van der Waals surface area contributed by atoms with Crippen molar-refractivity contribution in [3.63, 3.8) is 0 Å². The zero-order valence-electron chi connectivity index (χ0n) is 9.35. The fourth-order valence-corrected chi connectivity index (χ4v) is 2.07. The van der Waals surface area contributed by atoms with Crippen LogP contribution in [0.25, 0.3) is 0 Å². The van der Waals surface area contributed by atoms with Gasteiger partial charge in [-0.2, -0.15) is 18.4 Å². The van der Waals surface area contributed by atoms with Crippen molar-refractivity contribution in [1.82, 2.24) is 10.2 Å². The van der Waals surface area contributed by atoms with E-state index in [0.717, 1.165) is 17.8 Å². The molecule has 0 N–H and O–H groups in total. The quantitative estimate of drug-likeness (QED) is 0.845. The molecule has 0 aliphatic heterocycles. The van der Waals surface area contributed by atoms with Gasteiger partial charge in [0.25, 0.3) is 0 Å². The molecule has 0 aliphatic rings. The Hall–Kier alpha value is -2.07. The first-order valence-electron chi connectivity index (χ1n) is 5.08. The van der Waals surface area contributed by atoms with Gasteiger partial charge in [-0.05, 0) is 30.3 Å². The average Bonchev–Trinajstić information content (AvgIpc) is 2.38. The molecular formula is C12H6F3N3S. The van der Waals surface area contributed by atoms with Gasteiger partial charge in [0.05, 0.1) is 11.6 Å². The molecule has 0 bridgehead atoms. The van der Waals surface area contributed by atoms with E-state index in [9.17, 15) is 13.2 Å². The lowest BCUT2D eigenvalue weighted by atomic mass is 10.2. The minimum absolute atomic E-state index is 0.336. The van der Waals surface area contributed by atoms with Gasteiger partial charge in [-0.25, -0.2) is 0 Å². The SMILES string of the molecule is N#Cc1cccc(Sc2ccc(C(F)(F)F)nn2)c1. The predicted octanol–water partition coefficient (Wildman–Crippen LogP) is 3.52. The molecule has 19 heavy (non-hydrogen) atoms. The van der Waals surface area contributed by atoms with E-state index in [4.69, 9.17) is 5.26 Å². The minimum Gasteiger partial charge on any atom is -0.192 e. The van der Waals surface area contributed by atoms with Crippen LogP contribution < -0.4 is 0 Å². The normalized spacial score (nSPS) is 11.1. The summed E-state index contributed by atoms with van der Waals surface area (Å²) in [5.41, 5.74) is -0.549. The first-order valence-corrected chi connectivity index (χ1v) is 5.89. The highest BCUT2D eigenvalue weighted by atomic mass is 32.2. The average molecular weight is 281 g/mol. The molecule has 1 aromatic carbocycles. The highest BCUT2D eigenvalue weighted by Gasteiger charge is 2.32. The number of halogens is 3. The Morgan fingerprint density at radius 3 is 2.47 bits per heavy atom. The summed E-state index contributed by atoms with van der Waals surface area (Å²) in [6.45, 7) is 0. The van der Waals surface area contributed by atoms with Gasteiger partial charge in [-0.15, -0.1) is 10.2 Å². The third kappa shape index (κ3) is 3.45. The number of hydrogen-bond donors (Lipinski definition) is 0. The second-order valence-corrected chi connectivity index (χ2v) is 4.59. The molecule has 0 atom stereocenters. The van der Waals surface area contributed by atoms with E-state index in [1.54, 1.807) is 24.3 Å². The zero-order chi connectivity index (χ0) is 13.9. The second kappa shape index (κ2) is 5.28. The smallest absolute Gasteiger partial charge is 0.192 e. The van der Waals surface area contributed by atoms with Gasteiger partial charge in [0, 0.05) is 4.90 Å². The van der Waals surface area contributed by atoms with Gasteiger partial charge in [-0.1, -0.05) is 17.8 Å². The highest BCUT2D eigenvalue weighted by molar-refractivity contribution is 7.99. The Bertz CT molecular complexity index is 617. The maximum atomic E-state index is 12.3. The van der Waals surface area contributed by atoms with Crippen LogP contribution in [0.4, 0.5) is 13.2 Å². The molecular weight excluding hydrogens is 275 g/mol. The number of rotatable bonds is 2. The molecule has 96 valence electrons. The first-order chi connectivity index (χ1) is 8.99. The molecule has 0 fully saturated rings. The highest BCUT2D eigenvalue weighted by Crippen LogP contribution is 2.30. The van der Waals surface area contributed by atoms with Crippen molar-refractivity contribution in [3.8, 4) is 6.07 Å². The third-order valence-corrected chi connectivity index (χ3v) is 3.03. The van der Waals surface area contributed by atoms with E-state index in [0.29, 0.717) is 15.5 Å². The van der Waals surface area contributed by atoms with Crippen LogP contribution in [0.15, 0.2) is 46.3 Å². The van der Waals surface area contributed by atoms with Crippen LogP contribution in [0.5, 0.6) is 0 Å². The molecule has 0 aliphatic carbocycles. The minimum atomic E-state index is -4.49. The van der Waals surface area contributed by atoms with Gasteiger partial charge < -0.3 is 0 Å². The van der Waals surface area contributed by atoms with Crippen molar-refractivity contribution >= 4 is 11.8 Å². The van der Waals surface area contributed by atoms with Crippen molar-refractivity contribution in [2.24, 2.45) is 0 Å². The van der Waals surface area contributed by atoms with Crippen LogP contribution in [0.1, 0.15) is 11.3 Å². The van der Waals surface area contributed by atoms with E-state index >= 15 is 0 Å². The molecule has 0 saturated heterocycles. The fraction of sp³-hybridized carbons (Fsp3) is 0.0833. The van der Waals surface area contributed by atoms with Crippen LogP contribution in [-0.4, -0.2) is 10.2 Å². The molecule has 2 rings (SSSR count). The summed E-state index contributed by atoms with van der Waals surface area (Å²) in [7, 11) is 0. The van der Waals surface area contributed by atoms with Crippen molar-refractivity contribution < 1.29 is 13.2 Å². The molecule has 0 radical (unpaired) electrons. The Balaban J connectivity index is 2.18. The standard InChI is InChI=1S/C12H6F3N3S/c13-12(14,15)10-4-5-11(18-17-10)19-9-3-1-2-8(6-9)7-16/h1-6H. The van der Waals surface area contributed by atoms with Crippen LogP contribution in [0, 0.1) is 11.3 Å². The molecule has 0 spiro atoms. The number of alkyl halides is 3. The number of nitrogens with zero attached hydrogens (tertiary/aromatic N) is 3. The van der Waals surface area contributed by atoms with Crippen molar-refractivity contribution in [3.05, 3.63) is 47.7 Å². The lowest BCUT2D eigenvalue weighted by Gasteiger charge is -2.05. The van der Waals surface area contributed by atoms with E-state index in [-0.39, 0.29) is 0 Å². The van der Waals surface area contributed by atoms with E-state index in [1.165, 1.54) is 6.07 Å². The molecule has 1 heterocycles. The molecule has 7 heteroatoms. The summed E-state index contributed by atoms with van der Waals surface area (Å²) in [5, 5.41) is 15.7. The first kappa shape index (κ1) is 13.4. The fourth-order valence-electron chi connectivity index (χ4n) is 1.28. The Kier molecular flexibility index (Phi) is 3.71. The maximum Gasteiger partial charge on any atom is 0.435 e. The largest absolute Gasteiger partial charge is 0.435 e. The van der Waals surface area contributed by atoms with Crippen LogP contribution in [-0.2, 0) is 6.18 Å². The van der Waals surface area contributed by atoms with Crippen molar-refractivity contribution in [1.29, 1.82) is 5.26 Å². The molecule has 0 saturated carbocycles. The zero-order valence-corrected chi connectivity index (χ0v) is 10.2. The van der Waals surface area contributed by atoms with Crippen molar-refractivity contribution in [2.75, 3.05) is 0 Å². The summed E-state index contributed by atoms with van der Waals surface area (Å²) < 4.78 is 36.9. The maximum absolute atomic E-state index is 12.3. The van der Waals surface area contributed by atoms with Gasteiger partial charge >= 0.3 is 6.18 Å². The Morgan fingerprint density at radius 2 is 1.89 bits per heavy atom. The Labute approximate surface area is 111 Å². The summed E-state index contributed by atoms with van der Waals surface area (Å²) in [4.78, 5) is 0.716. The van der Waals surface area contributed by atoms with Crippen LogP contribution in [0.2, 0.25) is 0 Å². The van der Waals surface area contributed by atoms with Crippen molar-refractivity contribution in [2.45, 2.75) is 16.1 Å². The summed E-state index contributed by atoms with van der Waals surface area (Å²) in [6, 6.07) is 10.8. The topological polar surface area (TPSA) is 49.6 Å². The van der Waals surface area contributed by atoms with E-state index in [1.807, 2.05) is 6.07 Å². The summed E-state index contributed by atoms with van der Waals surface area (Å²) >= 11 is 1.14. The van der Waals surface area contributed by atoms with Crippen LogP contribution in [0.3, 0.4) is 0 Å². The monoisotopic (exact) mass is 281 g/mol. The Morgan fingerprint density at radius 1 is 1.11 bits per heavy atom. The summed E-state index contributed by atoms with van der Waals surface area (Å²) in [6.07, 6.45) is -4.49. The van der Waals surface area contributed by atoms with E-state index < -0.39 is 11.9 Å². The molecule has 3 nitrogen and oxygen atoms in total. The number of hydrogen-bond acceptors (Lipinski definition) is 4. The second-order valence-electron chi connectivity index (χ2n) is 3.50. The van der Waals surface area contributed by atoms with Crippen LogP contribution >= 0.6 is 11.8 Å². The lowest BCUT2D eigenvalue weighted by Crippen LogP contribution is -2.08. The number of benzene rings is 1. The molecule has 1 aromatic heterocycles. The number of nitriles is 1. The van der Waals surface area contributed by atoms with Gasteiger partial charge in [0.1, 0.15) is 5.03 Å². The van der Waals surface area contributed by atoms with Gasteiger partial charge in [0.15, 0.2) is 5.69 Å². The molecule has 0 unspecified atom stereocenters. The van der Waals surface area contributed by atoms with Gasteiger partial charge in [0.2, 0.25) is 0 Å². The molecule has 0 amide bonds. The van der Waals surface area contributed by atoms with Gasteiger partial charge in [-0.3, -0.25) is 0 Å². The predicted molar refractivity (Wildman–Crippen MR) is 62.3 cm³/mol.